The van der Waals surface area contributed by atoms with Crippen molar-refractivity contribution in [1.29, 1.82) is 5.26 Å². The zero-order valence-corrected chi connectivity index (χ0v) is 6.50. The van der Waals surface area contributed by atoms with E-state index < -0.39 is 0 Å². The molecule has 0 aliphatic heterocycles. The number of nitrogens with two attached hydrogens (primary N) is 1. The molecule has 0 fully saturated rings. The van der Waals surface area contributed by atoms with Gasteiger partial charge in [0, 0.05) is 6.61 Å². The van der Waals surface area contributed by atoms with Crippen LogP contribution in [0.3, 0.4) is 0 Å². The van der Waals surface area contributed by atoms with E-state index in [9.17, 15) is 0 Å². The van der Waals surface area contributed by atoms with Gasteiger partial charge in [-0.2, -0.15) is 5.26 Å². The monoisotopic (exact) mass is 142 g/mol. The van der Waals surface area contributed by atoms with Crippen molar-refractivity contribution in [3.8, 4) is 6.07 Å². The number of hydrogen-bond acceptors (Lipinski definition) is 3. The fourth-order valence-electron chi connectivity index (χ4n) is 0.495. The van der Waals surface area contributed by atoms with Crippen LogP contribution in [0, 0.1) is 11.3 Å². The Bertz CT molecular complexity index is 117. The van der Waals surface area contributed by atoms with Gasteiger partial charge < -0.3 is 10.5 Å². The summed E-state index contributed by atoms with van der Waals surface area (Å²) in [5, 5.41) is 8.27. The lowest BCUT2D eigenvalue weighted by Crippen LogP contribution is -2.20. The van der Waals surface area contributed by atoms with E-state index in [0.717, 1.165) is 0 Å². The van der Waals surface area contributed by atoms with E-state index in [1.807, 2.05) is 19.9 Å². The van der Waals surface area contributed by atoms with E-state index in [0.29, 0.717) is 13.0 Å². The molecule has 0 amide bonds. The topological polar surface area (TPSA) is 59.0 Å². The highest BCUT2D eigenvalue weighted by atomic mass is 16.5. The molecule has 0 aromatic heterocycles. The molecule has 0 spiro atoms. The fourth-order valence-corrected chi connectivity index (χ4v) is 0.495. The summed E-state index contributed by atoms with van der Waals surface area (Å²) >= 11 is 0. The minimum atomic E-state index is -0.376. The van der Waals surface area contributed by atoms with Crippen LogP contribution in [0.25, 0.3) is 0 Å². The molecule has 58 valence electrons. The molecule has 3 nitrogen and oxygen atoms in total. The van der Waals surface area contributed by atoms with Gasteiger partial charge in [0.2, 0.25) is 0 Å². The van der Waals surface area contributed by atoms with Crippen molar-refractivity contribution in [3.05, 3.63) is 0 Å². The number of ether oxygens (including phenoxy) is 1. The number of nitriles is 1. The first kappa shape index (κ1) is 9.41. The van der Waals surface area contributed by atoms with Crippen molar-refractivity contribution in [3.63, 3.8) is 0 Å². The first-order valence-electron chi connectivity index (χ1n) is 3.43. The van der Waals surface area contributed by atoms with Gasteiger partial charge in [-0.1, -0.05) is 0 Å². The minimum Gasteiger partial charge on any atom is -0.379 e. The maximum atomic E-state index is 8.27. The zero-order valence-electron chi connectivity index (χ0n) is 6.50. The van der Waals surface area contributed by atoms with Crippen molar-refractivity contribution in [2.75, 3.05) is 6.61 Å². The van der Waals surface area contributed by atoms with Gasteiger partial charge in [-0.25, -0.2) is 0 Å². The average Bonchev–Trinajstić information content (AvgIpc) is 1.87. The van der Waals surface area contributed by atoms with Crippen LogP contribution >= 0.6 is 0 Å². The molecule has 0 saturated heterocycles. The standard InChI is InChI=1S/C7H14N2O/c1-6(2)10-4-3-7(9)5-8/h6-7H,3-4,9H2,1-2H3. The van der Waals surface area contributed by atoms with E-state index in [4.69, 9.17) is 15.7 Å². The van der Waals surface area contributed by atoms with Crippen molar-refractivity contribution in [1.82, 2.24) is 0 Å². The molecule has 1 atom stereocenters. The van der Waals surface area contributed by atoms with Gasteiger partial charge in [0.05, 0.1) is 18.2 Å². The number of hydrogen-bond donors (Lipinski definition) is 1. The molecule has 0 aromatic carbocycles. The maximum absolute atomic E-state index is 8.27. The first-order chi connectivity index (χ1) is 4.66. The van der Waals surface area contributed by atoms with Gasteiger partial charge in [0.1, 0.15) is 0 Å². The summed E-state index contributed by atoms with van der Waals surface area (Å²) in [4.78, 5) is 0. The predicted molar refractivity (Wildman–Crippen MR) is 39.3 cm³/mol. The van der Waals surface area contributed by atoms with Gasteiger partial charge in [-0.15, -0.1) is 0 Å². The van der Waals surface area contributed by atoms with Gasteiger partial charge in [-0.3, -0.25) is 0 Å². The lowest BCUT2D eigenvalue weighted by atomic mass is 10.2. The molecule has 0 aromatic rings. The Labute approximate surface area is 61.8 Å². The summed E-state index contributed by atoms with van der Waals surface area (Å²) in [6, 6.07) is 1.56. The second-order valence-corrected chi connectivity index (χ2v) is 2.44. The Morgan fingerprint density at radius 2 is 2.20 bits per heavy atom. The van der Waals surface area contributed by atoms with Crippen molar-refractivity contribution in [2.24, 2.45) is 5.73 Å². The second-order valence-electron chi connectivity index (χ2n) is 2.44. The Hall–Kier alpha value is -0.590. The molecular formula is C7H14N2O. The predicted octanol–water partition coefficient (Wildman–Crippen LogP) is 0.652. The summed E-state index contributed by atoms with van der Waals surface area (Å²) in [5.41, 5.74) is 5.32. The summed E-state index contributed by atoms with van der Waals surface area (Å²) in [6.45, 7) is 4.49. The van der Waals surface area contributed by atoms with Crippen LogP contribution in [0.5, 0.6) is 0 Å². The molecule has 0 heterocycles. The van der Waals surface area contributed by atoms with Gasteiger partial charge in [0.25, 0.3) is 0 Å². The van der Waals surface area contributed by atoms with Gasteiger partial charge in [-0.05, 0) is 20.3 Å². The third-order valence-electron chi connectivity index (χ3n) is 1.05. The van der Waals surface area contributed by atoms with E-state index in [2.05, 4.69) is 0 Å². The van der Waals surface area contributed by atoms with E-state index in [-0.39, 0.29) is 12.1 Å². The largest absolute Gasteiger partial charge is 0.379 e. The highest BCUT2D eigenvalue weighted by molar-refractivity contribution is 4.85. The molecule has 0 aliphatic carbocycles. The quantitative estimate of drug-likeness (QED) is 0.627. The highest BCUT2D eigenvalue weighted by Crippen LogP contribution is 1.92. The zero-order chi connectivity index (χ0) is 7.98. The van der Waals surface area contributed by atoms with Crippen LogP contribution in [0.4, 0.5) is 0 Å². The third-order valence-corrected chi connectivity index (χ3v) is 1.05. The second kappa shape index (κ2) is 5.21. The molecular weight excluding hydrogens is 128 g/mol. The Morgan fingerprint density at radius 3 is 2.60 bits per heavy atom. The van der Waals surface area contributed by atoms with Crippen LogP contribution in [-0.2, 0) is 4.74 Å². The SMILES string of the molecule is CC(C)OCCC(N)C#N. The summed E-state index contributed by atoms with van der Waals surface area (Å²) in [5.74, 6) is 0. The average molecular weight is 142 g/mol. The molecule has 0 aliphatic rings. The lowest BCUT2D eigenvalue weighted by Gasteiger charge is -2.07. The molecule has 10 heavy (non-hydrogen) atoms. The van der Waals surface area contributed by atoms with Gasteiger partial charge >= 0.3 is 0 Å². The minimum absolute atomic E-state index is 0.228. The van der Waals surface area contributed by atoms with E-state index in [1.54, 1.807) is 0 Å². The molecule has 0 radical (unpaired) electrons. The smallest absolute Gasteiger partial charge is 0.0950 e. The third kappa shape index (κ3) is 5.54. The first-order valence-corrected chi connectivity index (χ1v) is 3.43. The number of rotatable bonds is 4. The molecule has 0 saturated carbocycles. The summed E-state index contributed by atoms with van der Waals surface area (Å²) in [6.07, 6.45) is 0.847. The van der Waals surface area contributed by atoms with Crippen molar-refractivity contribution >= 4 is 0 Å². The summed E-state index contributed by atoms with van der Waals surface area (Å²) in [7, 11) is 0. The molecule has 0 bridgehead atoms. The van der Waals surface area contributed by atoms with Gasteiger partial charge in [0.15, 0.2) is 0 Å². The summed E-state index contributed by atoms with van der Waals surface area (Å²) < 4.78 is 5.18. The van der Waals surface area contributed by atoms with Crippen LogP contribution in [0.1, 0.15) is 20.3 Å². The fraction of sp³-hybridized carbons (Fsp3) is 0.857. The van der Waals surface area contributed by atoms with Crippen LogP contribution in [-0.4, -0.2) is 18.8 Å². The lowest BCUT2D eigenvalue weighted by molar-refractivity contribution is 0.0759. The van der Waals surface area contributed by atoms with E-state index in [1.165, 1.54) is 0 Å². The van der Waals surface area contributed by atoms with Crippen LogP contribution < -0.4 is 5.73 Å². The van der Waals surface area contributed by atoms with E-state index >= 15 is 0 Å². The molecule has 2 N–H and O–H groups in total. The molecule has 3 heteroatoms. The van der Waals surface area contributed by atoms with Crippen LogP contribution in [0.2, 0.25) is 0 Å². The maximum Gasteiger partial charge on any atom is 0.0950 e. The van der Waals surface area contributed by atoms with Crippen molar-refractivity contribution < 1.29 is 4.74 Å². The van der Waals surface area contributed by atoms with Crippen molar-refractivity contribution in [2.45, 2.75) is 32.4 Å². The van der Waals surface area contributed by atoms with Crippen LogP contribution in [0.15, 0.2) is 0 Å². The Balaban J connectivity index is 3.13. The normalized spacial score (nSPS) is 13.1. The highest BCUT2D eigenvalue weighted by Gasteiger charge is 1.99. The molecule has 0 rings (SSSR count). The Morgan fingerprint density at radius 1 is 1.60 bits per heavy atom. The molecule has 1 unspecified atom stereocenters. The number of nitrogens with zero attached hydrogens (tertiary/aromatic N) is 1. The Kier molecular flexibility index (Phi) is 4.91.